The molecule has 0 amide bonds. The molecular formula is C27H29N3O3. The number of carboxylic acids is 1. The maximum absolute atomic E-state index is 11.0. The summed E-state index contributed by atoms with van der Waals surface area (Å²) >= 11 is 0. The van der Waals surface area contributed by atoms with Crippen molar-refractivity contribution in [2.45, 2.75) is 58.8 Å². The number of hydrogen-bond acceptors (Lipinski definition) is 4. The number of carbonyl (C=O) groups is 1. The predicted molar refractivity (Wildman–Crippen MR) is 128 cm³/mol. The standard InChI is InChI=1S/C27H29N3O3/c1-17-26(18(2)33-29-17)21-14-24-22(12-19-6-4-3-5-7-19)16-30(27(24)28-15-21)23-10-8-20(9-11-23)13-25(31)32/h8-11,14-16,19H,3-7,12-13H2,1-2H3,(H,31,32). The molecule has 0 bridgehead atoms. The number of pyridine rings is 1. The summed E-state index contributed by atoms with van der Waals surface area (Å²) in [5.74, 6) is 0.687. The predicted octanol–water partition coefficient (Wildman–Crippen LogP) is 6.05. The van der Waals surface area contributed by atoms with Crippen molar-refractivity contribution < 1.29 is 14.4 Å². The zero-order valence-electron chi connectivity index (χ0n) is 19.2. The van der Waals surface area contributed by atoms with Crippen LogP contribution in [0.25, 0.3) is 27.8 Å². The van der Waals surface area contributed by atoms with E-state index in [1.54, 1.807) is 0 Å². The topological polar surface area (TPSA) is 81.2 Å². The molecule has 1 saturated carbocycles. The first-order chi connectivity index (χ1) is 16.0. The molecule has 1 aliphatic rings. The van der Waals surface area contributed by atoms with E-state index in [0.29, 0.717) is 5.92 Å². The normalized spacial score (nSPS) is 14.7. The molecule has 1 aromatic carbocycles. The van der Waals surface area contributed by atoms with Gasteiger partial charge in [-0.15, -0.1) is 0 Å². The van der Waals surface area contributed by atoms with Crippen molar-refractivity contribution in [2.75, 3.05) is 0 Å². The SMILES string of the molecule is Cc1noc(C)c1-c1cnc2c(c1)c(CC1CCCCC1)cn2-c1ccc(CC(=O)O)cc1. The summed E-state index contributed by atoms with van der Waals surface area (Å²) in [6.45, 7) is 3.90. The average Bonchev–Trinajstić information content (AvgIpc) is 3.33. The Labute approximate surface area is 193 Å². The van der Waals surface area contributed by atoms with E-state index in [9.17, 15) is 4.79 Å². The number of aliphatic carboxylic acids is 1. The van der Waals surface area contributed by atoms with Crippen LogP contribution < -0.4 is 0 Å². The second kappa shape index (κ2) is 8.85. The molecule has 1 N–H and O–H groups in total. The van der Waals surface area contributed by atoms with Crippen LogP contribution in [0, 0.1) is 19.8 Å². The van der Waals surface area contributed by atoms with Crippen LogP contribution >= 0.6 is 0 Å². The molecule has 4 aromatic rings. The van der Waals surface area contributed by atoms with Gasteiger partial charge in [0, 0.05) is 34.6 Å². The average molecular weight is 444 g/mol. The lowest BCUT2D eigenvalue weighted by Crippen LogP contribution is -2.09. The number of fused-ring (bicyclic) bond motifs is 1. The molecule has 0 radical (unpaired) electrons. The summed E-state index contributed by atoms with van der Waals surface area (Å²) in [6, 6.07) is 9.95. The number of aryl methyl sites for hydroxylation is 2. The molecule has 0 aliphatic heterocycles. The molecule has 5 rings (SSSR count). The molecule has 0 unspecified atom stereocenters. The third-order valence-corrected chi connectivity index (χ3v) is 6.85. The monoisotopic (exact) mass is 443 g/mol. The summed E-state index contributed by atoms with van der Waals surface area (Å²) in [7, 11) is 0. The summed E-state index contributed by atoms with van der Waals surface area (Å²) < 4.78 is 7.54. The van der Waals surface area contributed by atoms with E-state index in [-0.39, 0.29) is 6.42 Å². The zero-order chi connectivity index (χ0) is 22.9. The Balaban J connectivity index is 1.59. The van der Waals surface area contributed by atoms with Crippen LogP contribution in [0.3, 0.4) is 0 Å². The third kappa shape index (κ3) is 4.30. The number of hydrogen-bond donors (Lipinski definition) is 1. The van der Waals surface area contributed by atoms with Gasteiger partial charge in [-0.2, -0.15) is 0 Å². The second-order valence-corrected chi connectivity index (χ2v) is 9.26. The van der Waals surface area contributed by atoms with E-state index in [2.05, 4.69) is 22.0 Å². The summed E-state index contributed by atoms with van der Waals surface area (Å²) in [5.41, 5.74) is 6.92. The van der Waals surface area contributed by atoms with Gasteiger partial charge in [0.2, 0.25) is 0 Å². The molecule has 3 heterocycles. The molecule has 6 heteroatoms. The van der Waals surface area contributed by atoms with Crippen molar-refractivity contribution in [1.82, 2.24) is 14.7 Å². The van der Waals surface area contributed by atoms with E-state index in [1.165, 1.54) is 37.7 Å². The number of nitrogens with zero attached hydrogens (tertiary/aromatic N) is 3. The van der Waals surface area contributed by atoms with Gasteiger partial charge in [0.25, 0.3) is 0 Å². The van der Waals surface area contributed by atoms with Crippen molar-refractivity contribution in [3.8, 4) is 16.8 Å². The minimum Gasteiger partial charge on any atom is -0.481 e. The number of rotatable bonds is 6. The molecule has 6 nitrogen and oxygen atoms in total. The van der Waals surface area contributed by atoms with Gasteiger partial charge in [-0.05, 0) is 55.5 Å². The maximum Gasteiger partial charge on any atom is 0.307 e. The molecule has 0 atom stereocenters. The lowest BCUT2D eigenvalue weighted by atomic mass is 9.85. The van der Waals surface area contributed by atoms with E-state index < -0.39 is 5.97 Å². The smallest absolute Gasteiger partial charge is 0.307 e. The van der Waals surface area contributed by atoms with Gasteiger partial charge in [0.15, 0.2) is 0 Å². The van der Waals surface area contributed by atoms with Crippen molar-refractivity contribution >= 4 is 17.0 Å². The van der Waals surface area contributed by atoms with E-state index >= 15 is 0 Å². The van der Waals surface area contributed by atoms with Crippen LogP contribution in [0.4, 0.5) is 0 Å². The quantitative estimate of drug-likeness (QED) is 0.392. The highest BCUT2D eigenvalue weighted by molar-refractivity contribution is 5.87. The molecular weight excluding hydrogens is 414 g/mol. The van der Waals surface area contributed by atoms with Gasteiger partial charge < -0.3 is 14.2 Å². The highest BCUT2D eigenvalue weighted by Crippen LogP contribution is 2.34. The fraction of sp³-hybridized carbons (Fsp3) is 0.370. The summed E-state index contributed by atoms with van der Waals surface area (Å²) in [4.78, 5) is 15.9. The Morgan fingerprint density at radius 3 is 2.58 bits per heavy atom. The minimum absolute atomic E-state index is 0.0265. The highest BCUT2D eigenvalue weighted by atomic mass is 16.5. The third-order valence-electron chi connectivity index (χ3n) is 6.85. The first-order valence-electron chi connectivity index (χ1n) is 11.7. The number of benzene rings is 1. The van der Waals surface area contributed by atoms with E-state index in [0.717, 1.165) is 51.3 Å². The fourth-order valence-corrected chi connectivity index (χ4v) is 5.21. The Morgan fingerprint density at radius 2 is 1.91 bits per heavy atom. The maximum atomic E-state index is 11.0. The molecule has 1 fully saturated rings. The van der Waals surface area contributed by atoms with Gasteiger partial charge in [0.1, 0.15) is 11.4 Å². The summed E-state index contributed by atoms with van der Waals surface area (Å²) in [5, 5.41) is 14.4. The van der Waals surface area contributed by atoms with Crippen LogP contribution in [0.15, 0.2) is 47.2 Å². The lowest BCUT2D eigenvalue weighted by molar-refractivity contribution is -0.136. The molecule has 3 aromatic heterocycles. The second-order valence-electron chi connectivity index (χ2n) is 9.26. The molecule has 33 heavy (non-hydrogen) atoms. The first kappa shape index (κ1) is 21.4. The van der Waals surface area contributed by atoms with Gasteiger partial charge in [-0.25, -0.2) is 4.98 Å². The first-order valence-corrected chi connectivity index (χ1v) is 11.7. The minimum atomic E-state index is -0.822. The van der Waals surface area contributed by atoms with Gasteiger partial charge in [-0.1, -0.05) is 49.4 Å². The molecule has 0 spiro atoms. The fourth-order valence-electron chi connectivity index (χ4n) is 5.21. The van der Waals surface area contributed by atoms with Crippen LogP contribution in [0.2, 0.25) is 0 Å². The molecule has 0 saturated heterocycles. The van der Waals surface area contributed by atoms with Crippen molar-refractivity contribution in [1.29, 1.82) is 0 Å². The zero-order valence-corrected chi connectivity index (χ0v) is 19.2. The van der Waals surface area contributed by atoms with Gasteiger partial charge >= 0.3 is 5.97 Å². The van der Waals surface area contributed by atoms with E-state index in [4.69, 9.17) is 14.6 Å². The van der Waals surface area contributed by atoms with Crippen LogP contribution in [-0.2, 0) is 17.6 Å². The Morgan fingerprint density at radius 1 is 1.15 bits per heavy atom. The van der Waals surface area contributed by atoms with Crippen LogP contribution in [0.5, 0.6) is 0 Å². The van der Waals surface area contributed by atoms with Gasteiger partial charge in [0.05, 0.1) is 12.1 Å². The van der Waals surface area contributed by atoms with E-state index in [1.807, 2.05) is 44.3 Å². The van der Waals surface area contributed by atoms with Crippen molar-refractivity contribution in [3.63, 3.8) is 0 Å². The van der Waals surface area contributed by atoms with Crippen molar-refractivity contribution in [3.05, 3.63) is 65.3 Å². The highest BCUT2D eigenvalue weighted by Gasteiger charge is 2.20. The Kier molecular flexibility index (Phi) is 5.75. The molecule has 1 aliphatic carbocycles. The summed E-state index contributed by atoms with van der Waals surface area (Å²) in [6.07, 6.45) is 11.7. The Bertz CT molecular complexity index is 1270. The molecule has 170 valence electrons. The largest absolute Gasteiger partial charge is 0.481 e. The van der Waals surface area contributed by atoms with Crippen molar-refractivity contribution in [2.24, 2.45) is 5.92 Å². The Hall–Kier alpha value is -3.41. The number of carboxylic acid groups (broad SMARTS) is 1. The number of aromatic nitrogens is 3. The van der Waals surface area contributed by atoms with Crippen LogP contribution in [-0.4, -0.2) is 25.8 Å². The lowest BCUT2D eigenvalue weighted by Gasteiger charge is -2.21. The van der Waals surface area contributed by atoms with Crippen LogP contribution in [0.1, 0.15) is 54.7 Å². The van der Waals surface area contributed by atoms with Gasteiger partial charge in [-0.3, -0.25) is 4.79 Å².